The molecular weight excluding hydrogens is 411 g/mol. The number of aromatic nitrogens is 1. The Morgan fingerprint density at radius 3 is 2.35 bits per heavy atom. The molecule has 0 saturated carbocycles. The standard InChI is InChI=1S/C21H16F3N5O2/c22-17-7-6-14(8-15(17)21(31)28-13-4-2-1-3-5-13)26-12-20(30)29-27-9-16-18(23)10-25-11-19(16)24/h1-11,26H,12H2,(H,28,31)(H,29,30)/b27-9+. The van der Waals surface area contributed by atoms with Crippen molar-refractivity contribution < 1.29 is 22.8 Å². The highest BCUT2D eigenvalue weighted by atomic mass is 19.1. The Kier molecular flexibility index (Phi) is 6.94. The van der Waals surface area contributed by atoms with Gasteiger partial charge in [-0.15, -0.1) is 0 Å². The third kappa shape index (κ3) is 5.89. The van der Waals surface area contributed by atoms with Crippen molar-refractivity contribution in [3.8, 4) is 0 Å². The van der Waals surface area contributed by atoms with Crippen LogP contribution in [0.4, 0.5) is 24.5 Å². The average Bonchev–Trinajstić information content (AvgIpc) is 2.76. The van der Waals surface area contributed by atoms with Crippen molar-refractivity contribution >= 4 is 29.4 Å². The first-order chi connectivity index (χ1) is 14.9. The van der Waals surface area contributed by atoms with Gasteiger partial charge in [0.1, 0.15) is 5.82 Å². The second kappa shape index (κ2) is 10.0. The number of carbonyl (C=O) groups excluding carboxylic acids is 2. The van der Waals surface area contributed by atoms with Gasteiger partial charge in [-0.2, -0.15) is 5.10 Å². The maximum Gasteiger partial charge on any atom is 0.259 e. The Labute approximate surface area is 175 Å². The minimum atomic E-state index is -0.927. The van der Waals surface area contributed by atoms with Gasteiger partial charge in [0, 0.05) is 11.4 Å². The molecule has 0 unspecified atom stereocenters. The average molecular weight is 427 g/mol. The molecule has 7 nitrogen and oxygen atoms in total. The second-order valence-electron chi connectivity index (χ2n) is 6.18. The van der Waals surface area contributed by atoms with Crippen molar-refractivity contribution in [3.63, 3.8) is 0 Å². The lowest BCUT2D eigenvalue weighted by Gasteiger charge is -2.09. The van der Waals surface area contributed by atoms with Gasteiger partial charge in [-0.25, -0.2) is 18.6 Å². The fraction of sp³-hybridized carbons (Fsp3) is 0.0476. The molecule has 0 atom stereocenters. The zero-order chi connectivity index (χ0) is 22.2. The number of hydrogen-bond donors (Lipinski definition) is 3. The first-order valence-corrected chi connectivity index (χ1v) is 8.95. The summed E-state index contributed by atoms with van der Waals surface area (Å²) in [5.74, 6) is -3.87. The van der Waals surface area contributed by atoms with E-state index < -0.39 is 34.8 Å². The number of halogens is 3. The summed E-state index contributed by atoms with van der Waals surface area (Å²) in [5.41, 5.74) is 2.25. The number of benzene rings is 2. The summed E-state index contributed by atoms with van der Waals surface area (Å²) in [6.07, 6.45) is 2.44. The summed E-state index contributed by atoms with van der Waals surface area (Å²) < 4.78 is 40.9. The fourth-order valence-electron chi connectivity index (χ4n) is 2.46. The highest BCUT2D eigenvalue weighted by Crippen LogP contribution is 2.17. The largest absolute Gasteiger partial charge is 0.376 e. The molecule has 2 amide bonds. The third-order valence-electron chi connectivity index (χ3n) is 3.97. The number of pyridine rings is 1. The zero-order valence-corrected chi connectivity index (χ0v) is 15.9. The van der Waals surface area contributed by atoms with E-state index in [-0.39, 0.29) is 12.1 Å². The van der Waals surface area contributed by atoms with Crippen molar-refractivity contribution in [2.24, 2.45) is 5.10 Å². The fourth-order valence-corrected chi connectivity index (χ4v) is 2.46. The molecule has 0 fully saturated rings. The Balaban J connectivity index is 1.58. The Morgan fingerprint density at radius 1 is 0.935 bits per heavy atom. The van der Waals surface area contributed by atoms with E-state index in [4.69, 9.17) is 0 Å². The summed E-state index contributed by atoms with van der Waals surface area (Å²) in [6.45, 7) is -0.288. The molecule has 0 bridgehead atoms. The lowest BCUT2D eigenvalue weighted by Crippen LogP contribution is -2.26. The number of anilines is 2. The van der Waals surface area contributed by atoms with Crippen molar-refractivity contribution in [3.05, 3.63) is 89.5 Å². The molecule has 0 aliphatic rings. The summed E-state index contributed by atoms with van der Waals surface area (Å²) in [4.78, 5) is 27.5. The van der Waals surface area contributed by atoms with Crippen molar-refractivity contribution in [2.75, 3.05) is 17.2 Å². The molecule has 158 valence electrons. The summed E-state index contributed by atoms with van der Waals surface area (Å²) in [7, 11) is 0. The topological polar surface area (TPSA) is 95.5 Å². The number of hydrogen-bond acceptors (Lipinski definition) is 5. The second-order valence-corrected chi connectivity index (χ2v) is 6.18. The normalized spacial score (nSPS) is 10.7. The van der Waals surface area contributed by atoms with Crippen LogP contribution in [0.3, 0.4) is 0 Å². The molecule has 0 spiro atoms. The Hall–Kier alpha value is -4.21. The maximum atomic E-state index is 14.1. The minimum absolute atomic E-state index is 0.212. The van der Waals surface area contributed by atoms with Gasteiger partial charge in [-0.3, -0.25) is 14.6 Å². The number of amides is 2. The van der Waals surface area contributed by atoms with Gasteiger partial charge >= 0.3 is 0 Å². The van der Waals surface area contributed by atoms with Crippen molar-refractivity contribution in [2.45, 2.75) is 0 Å². The van der Waals surface area contributed by atoms with Crippen molar-refractivity contribution in [1.29, 1.82) is 0 Å². The lowest BCUT2D eigenvalue weighted by atomic mass is 10.1. The van der Waals surface area contributed by atoms with E-state index in [1.54, 1.807) is 30.3 Å². The van der Waals surface area contributed by atoms with Gasteiger partial charge in [-0.1, -0.05) is 18.2 Å². The first kappa shape index (κ1) is 21.5. The van der Waals surface area contributed by atoms with Crippen LogP contribution in [-0.4, -0.2) is 29.6 Å². The third-order valence-corrected chi connectivity index (χ3v) is 3.97. The van der Waals surface area contributed by atoms with Crippen LogP contribution >= 0.6 is 0 Å². The van der Waals surface area contributed by atoms with Gasteiger partial charge in [0.15, 0.2) is 11.6 Å². The Bertz CT molecular complexity index is 1100. The molecule has 0 aliphatic carbocycles. The van der Waals surface area contributed by atoms with E-state index in [1.807, 2.05) is 0 Å². The van der Waals surface area contributed by atoms with E-state index in [9.17, 15) is 22.8 Å². The molecule has 3 N–H and O–H groups in total. The summed E-state index contributed by atoms with van der Waals surface area (Å²) in [6, 6.07) is 12.2. The quantitative estimate of drug-likeness (QED) is 0.398. The molecule has 0 radical (unpaired) electrons. The first-order valence-electron chi connectivity index (χ1n) is 8.95. The van der Waals surface area contributed by atoms with Gasteiger partial charge in [0.05, 0.1) is 36.3 Å². The van der Waals surface area contributed by atoms with E-state index in [1.165, 1.54) is 12.1 Å². The zero-order valence-electron chi connectivity index (χ0n) is 15.9. The molecule has 1 aromatic heterocycles. The van der Waals surface area contributed by atoms with Crippen LogP contribution in [0.25, 0.3) is 0 Å². The summed E-state index contributed by atoms with van der Waals surface area (Å²) >= 11 is 0. The van der Waals surface area contributed by atoms with Gasteiger partial charge < -0.3 is 10.6 Å². The summed E-state index contributed by atoms with van der Waals surface area (Å²) in [5, 5.41) is 8.77. The van der Waals surface area contributed by atoms with E-state index >= 15 is 0 Å². The SMILES string of the molecule is O=C(CNc1ccc(F)c(C(=O)Nc2ccccc2)c1)N/N=C/c1c(F)cncc1F. The smallest absolute Gasteiger partial charge is 0.259 e. The Morgan fingerprint density at radius 2 is 1.65 bits per heavy atom. The number of rotatable bonds is 7. The highest BCUT2D eigenvalue weighted by molar-refractivity contribution is 6.05. The van der Waals surface area contributed by atoms with Crippen LogP contribution in [0.1, 0.15) is 15.9 Å². The lowest BCUT2D eigenvalue weighted by molar-refractivity contribution is -0.119. The van der Waals surface area contributed by atoms with Crippen LogP contribution in [0.15, 0.2) is 66.0 Å². The molecule has 2 aromatic carbocycles. The molecule has 0 saturated heterocycles. The van der Waals surface area contributed by atoms with Crippen LogP contribution in [0.2, 0.25) is 0 Å². The number of hydrazone groups is 1. The maximum absolute atomic E-state index is 14.1. The van der Waals surface area contributed by atoms with Crippen molar-refractivity contribution in [1.82, 2.24) is 10.4 Å². The van der Waals surface area contributed by atoms with Gasteiger partial charge in [0.2, 0.25) is 0 Å². The van der Waals surface area contributed by atoms with Gasteiger partial charge in [-0.05, 0) is 30.3 Å². The molecule has 3 aromatic rings. The van der Waals surface area contributed by atoms with Crippen LogP contribution in [0.5, 0.6) is 0 Å². The van der Waals surface area contributed by atoms with Crippen LogP contribution in [-0.2, 0) is 4.79 Å². The number of nitrogens with zero attached hydrogens (tertiary/aromatic N) is 2. The monoisotopic (exact) mass is 427 g/mol. The predicted molar refractivity (Wildman–Crippen MR) is 109 cm³/mol. The van der Waals surface area contributed by atoms with Gasteiger partial charge in [0.25, 0.3) is 11.8 Å². The molecule has 0 aliphatic heterocycles. The number of carbonyl (C=O) groups is 2. The minimum Gasteiger partial charge on any atom is -0.376 e. The van der Waals surface area contributed by atoms with Crippen LogP contribution in [0, 0.1) is 17.5 Å². The molecule has 31 heavy (non-hydrogen) atoms. The van der Waals surface area contributed by atoms with E-state index in [2.05, 4.69) is 26.1 Å². The number of para-hydroxylation sites is 1. The molecule has 1 heterocycles. The molecular formula is C21H16F3N5O2. The predicted octanol–water partition coefficient (Wildman–Crippen LogP) is 3.31. The van der Waals surface area contributed by atoms with Crippen LogP contribution < -0.4 is 16.1 Å². The van der Waals surface area contributed by atoms with E-state index in [0.717, 1.165) is 24.7 Å². The molecule has 10 heteroatoms. The molecule has 3 rings (SSSR count). The van der Waals surface area contributed by atoms with E-state index in [0.29, 0.717) is 11.4 Å². The number of nitrogens with one attached hydrogen (secondary N) is 3. The highest BCUT2D eigenvalue weighted by Gasteiger charge is 2.13.